The van der Waals surface area contributed by atoms with Crippen molar-refractivity contribution < 1.29 is 14.3 Å². The van der Waals surface area contributed by atoms with Crippen molar-refractivity contribution in [1.82, 2.24) is 10.3 Å². The van der Waals surface area contributed by atoms with Crippen LogP contribution in [0.3, 0.4) is 0 Å². The Kier molecular flexibility index (Phi) is 6.79. The summed E-state index contributed by atoms with van der Waals surface area (Å²) in [6, 6.07) is 18.7. The summed E-state index contributed by atoms with van der Waals surface area (Å²) in [6.45, 7) is 0. The predicted molar refractivity (Wildman–Crippen MR) is 110 cm³/mol. The van der Waals surface area contributed by atoms with Crippen LogP contribution < -0.4 is 10.1 Å². The Morgan fingerprint density at radius 1 is 1.04 bits per heavy atom. The normalized spacial score (nSPS) is 11.5. The molecule has 3 rings (SSSR count). The number of nitrogens with one attached hydrogen (secondary N) is 1. The number of carbonyl (C=O) groups excluding carboxylic acids is 2. The second-order valence-corrected chi connectivity index (χ2v) is 7.05. The maximum absolute atomic E-state index is 12.7. The van der Waals surface area contributed by atoms with E-state index in [0.29, 0.717) is 20.9 Å². The third kappa shape index (κ3) is 5.18. The van der Waals surface area contributed by atoms with Crippen molar-refractivity contribution in [2.45, 2.75) is 12.5 Å². The maximum Gasteiger partial charge on any atom is 0.313 e. The molecular formula is C21H16BrClN2O3. The summed E-state index contributed by atoms with van der Waals surface area (Å²) >= 11 is 9.36. The third-order valence-corrected chi connectivity index (χ3v) is 4.87. The Morgan fingerprint density at radius 3 is 2.46 bits per heavy atom. The number of aromatic nitrogens is 1. The van der Waals surface area contributed by atoms with Gasteiger partial charge in [0, 0.05) is 6.20 Å². The molecule has 2 aromatic carbocycles. The standard InChI is InChI=1S/C21H16BrClN2O3/c22-20-18(11-6-12-24-20)28-19(26)13-17(14-7-2-1-3-8-14)25-21(27)15-9-4-5-10-16(15)23/h1-12,17H,13H2,(H,25,27). The van der Waals surface area contributed by atoms with E-state index in [0.717, 1.165) is 5.56 Å². The van der Waals surface area contributed by atoms with Crippen LogP contribution in [-0.4, -0.2) is 16.9 Å². The average molecular weight is 460 g/mol. The molecule has 0 spiro atoms. The molecule has 1 unspecified atom stereocenters. The number of carbonyl (C=O) groups is 2. The van der Waals surface area contributed by atoms with Crippen LogP contribution in [0.25, 0.3) is 0 Å². The molecule has 142 valence electrons. The molecular weight excluding hydrogens is 444 g/mol. The molecule has 0 aliphatic rings. The number of hydrogen-bond acceptors (Lipinski definition) is 4. The van der Waals surface area contributed by atoms with Crippen molar-refractivity contribution in [1.29, 1.82) is 0 Å². The average Bonchev–Trinajstić information content (AvgIpc) is 2.70. The summed E-state index contributed by atoms with van der Waals surface area (Å²) in [5.74, 6) is -0.548. The lowest BCUT2D eigenvalue weighted by Gasteiger charge is -2.19. The molecule has 1 N–H and O–H groups in total. The van der Waals surface area contributed by atoms with Crippen LogP contribution in [0, 0.1) is 0 Å². The van der Waals surface area contributed by atoms with Gasteiger partial charge in [0.15, 0.2) is 5.75 Å². The van der Waals surface area contributed by atoms with Gasteiger partial charge in [0.05, 0.1) is 23.0 Å². The molecule has 1 amide bonds. The van der Waals surface area contributed by atoms with Gasteiger partial charge < -0.3 is 10.1 Å². The summed E-state index contributed by atoms with van der Waals surface area (Å²) in [4.78, 5) is 29.2. The SMILES string of the molecule is O=C(CC(NC(=O)c1ccccc1Cl)c1ccccc1)Oc1cccnc1Br. The fraction of sp³-hybridized carbons (Fsp3) is 0.0952. The first-order valence-electron chi connectivity index (χ1n) is 8.46. The second kappa shape index (κ2) is 9.48. The van der Waals surface area contributed by atoms with Gasteiger partial charge >= 0.3 is 5.97 Å². The zero-order valence-corrected chi connectivity index (χ0v) is 17.0. The van der Waals surface area contributed by atoms with Crippen molar-refractivity contribution in [3.8, 4) is 5.75 Å². The van der Waals surface area contributed by atoms with E-state index in [9.17, 15) is 9.59 Å². The lowest BCUT2D eigenvalue weighted by molar-refractivity contribution is -0.135. The van der Waals surface area contributed by atoms with Gasteiger partial charge in [-0.2, -0.15) is 0 Å². The van der Waals surface area contributed by atoms with E-state index in [4.69, 9.17) is 16.3 Å². The van der Waals surface area contributed by atoms with Gasteiger partial charge in [0.25, 0.3) is 5.91 Å². The van der Waals surface area contributed by atoms with E-state index >= 15 is 0 Å². The van der Waals surface area contributed by atoms with Crippen molar-refractivity contribution in [2.24, 2.45) is 0 Å². The smallest absolute Gasteiger partial charge is 0.313 e. The molecule has 1 heterocycles. The molecule has 0 aliphatic carbocycles. The van der Waals surface area contributed by atoms with Crippen molar-refractivity contribution >= 4 is 39.4 Å². The quantitative estimate of drug-likeness (QED) is 0.418. The second-order valence-electron chi connectivity index (χ2n) is 5.89. The minimum absolute atomic E-state index is 0.0540. The summed E-state index contributed by atoms with van der Waals surface area (Å²) < 4.78 is 5.81. The zero-order chi connectivity index (χ0) is 19.9. The van der Waals surface area contributed by atoms with Crippen LogP contribution in [0.15, 0.2) is 77.5 Å². The predicted octanol–water partition coefficient (Wildman–Crippen LogP) is 4.96. The summed E-state index contributed by atoms with van der Waals surface area (Å²) in [5, 5.41) is 3.21. The minimum Gasteiger partial charge on any atom is -0.424 e. The molecule has 1 atom stereocenters. The summed E-state index contributed by atoms with van der Waals surface area (Å²) in [5.41, 5.74) is 1.12. The van der Waals surface area contributed by atoms with E-state index in [1.165, 1.54) is 0 Å². The molecule has 0 saturated heterocycles. The summed E-state index contributed by atoms with van der Waals surface area (Å²) in [7, 11) is 0. The monoisotopic (exact) mass is 458 g/mol. The highest BCUT2D eigenvalue weighted by molar-refractivity contribution is 9.10. The first kappa shape index (κ1) is 20.0. The zero-order valence-electron chi connectivity index (χ0n) is 14.6. The number of halogens is 2. The van der Waals surface area contributed by atoms with Crippen LogP contribution in [0.5, 0.6) is 5.75 Å². The largest absolute Gasteiger partial charge is 0.424 e. The fourth-order valence-electron chi connectivity index (χ4n) is 2.60. The summed E-state index contributed by atoms with van der Waals surface area (Å²) in [6.07, 6.45) is 1.53. The van der Waals surface area contributed by atoms with Crippen LogP contribution in [0.1, 0.15) is 28.4 Å². The lowest BCUT2D eigenvalue weighted by Crippen LogP contribution is -2.31. The Balaban J connectivity index is 1.78. The molecule has 0 saturated carbocycles. The Morgan fingerprint density at radius 2 is 1.75 bits per heavy atom. The van der Waals surface area contributed by atoms with E-state index in [-0.39, 0.29) is 12.3 Å². The van der Waals surface area contributed by atoms with Gasteiger partial charge in [-0.3, -0.25) is 9.59 Å². The van der Waals surface area contributed by atoms with Crippen molar-refractivity contribution in [2.75, 3.05) is 0 Å². The van der Waals surface area contributed by atoms with Crippen LogP contribution in [-0.2, 0) is 4.79 Å². The van der Waals surface area contributed by atoms with Gasteiger partial charge in [-0.25, -0.2) is 4.98 Å². The van der Waals surface area contributed by atoms with Crippen LogP contribution in [0.2, 0.25) is 5.02 Å². The van der Waals surface area contributed by atoms with E-state index in [2.05, 4.69) is 26.2 Å². The van der Waals surface area contributed by atoms with Gasteiger partial charge in [-0.1, -0.05) is 54.1 Å². The molecule has 7 heteroatoms. The molecule has 0 fully saturated rings. The first-order chi connectivity index (χ1) is 13.5. The van der Waals surface area contributed by atoms with E-state index < -0.39 is 12.0 Å². The van der Waals surface area contributed by atoms with Gasteiger partial charge in [-0.15, -0.1) is 0 Å². The number of ether oxygens (including phenoxy) is 1. The fourth-order valence-corrected chi connectivity index (χ4v) is 3.15. The van der Waals surface area contributed by atoms with Crippen LogP contribution >= 0.6 is 27.5 Å². The third-order valence-electron chi connectivity index (χ3n) is 3.95. The van der Waals surface area contributed by atoms with Gasteiger partial charge in [0.1, 0.15) is 4.60 Å². The highest BCUT2D eigenvalue weighted by Crippen LogP contribution is 2.24. The number of nitrogens with zero attached hydrogens (tertiary/aromatic N) is 1. The molecule has 3 aromatic rings. The number of rotatable bonds is 6. The molecule has 1 aromatic heterocycles. The number of esters is 1. The van der Waals surface area contributed by atoms with E-state index in [1.54, 1.807) is 42.6 Å². The van der Waals surface area contributed by atoms with Gasteiger partial charge in [-0.05, 0) is 45.8 Å². The lowest BCUT2D eigenvalue weighted by atomic mass is 10.0. The number of hydrogen-bond donors (Lipinski definition) is 1. The topological polar surface area (TPSA) is 68.3 Å². The van der Waals surface area contributed by atoms with Crippen molar-refractivity contribution in [3.05, 3.63) is 93.7 Å². The minimum atomic E-state index is -0.576. The number of pyridine rings is 1. The van der Waals surface area contributed by atoms with Crippen molar-refractivity contribution in [3.63, 3.8) is 0 Å². The highest BCUT2D eigenvalue weighted by atomic mass is 79.9. The Labute approximate surface area is 175 Å². The number of amides is 1. The molecule has 0 bridgehead atoms. The molecule has 0 radical (unpaired) electrons. The number of benzene rings is 2. The Bertz CT molecular complexity index is 982. The highest BCUT2D eigenvalue weighted by Gasteiger charge is 2.22. The molecule has 5 nitrogen and oxygen atoms in total. The molecule has 0 aliphatic heterocycles. The Hall–Kier alpha value is -2.70. The maximum atomic E-state index is 12.7. The van der Waals surface area contributed by atoms with Gasteiger partial charge in [0.2, 0.25) is 0 Å². The van der Waals surface area contributed by atoms with Crippen LogP contribution in [0.4, 0.5) is 0 Å². The first-order valence-corrected chi connectivity index (χ1v) is 9.63. The molecule has 28 heavy (non-hydrogen) atoms. The van der Waals surface area contributed by atoms with E-state index in [1.807, 2.05) is 30.3 Å².